The second-order valence-corrected chi connectivity index (χ2v) is 5.17. The van der Waals surface area contributed by atoms with Gasteiger partial charge in [0.15, 0.2) is 0 Å². The van der Waals surface area contributed by atoms with Gasteiger partial charge in [-0.2, -0.15) is 0 Å². The molecule has 1 aliphatic rings. The number of nitrogens with zero attached hydrogens (tertiary/aromatic N) is 1. The van der Waals surface area contributed by atoms with Crippen LogP contribution in [0.1, 0.15) is 44.6 Å². The van der Waals surface area contributed by atoms with E-state index in [0.29, 0.717) is 6.42 Å². The number of pyridine rings is 1. The molecular weight excluding hydrogens is 236 g/mol. The van der Waals surface area contributed by atoms with Gasteiger partial charge in [0.1, 0.15) is 0 Å². The summed E-state index contributed by atoms with van der Waals surface area (Å²) in [6.45, 7) is 2.08. The minimum atomic E-state index is 0.135. The molecule has 0 saturated carbocycles. The Morgan fingerprint density at radius 3 is 2.84 bits per heavy atom. The van der Waals surface area contributed by atoms with Crippen molar-refractivity contribution in [2.24, 2.45) is 0 Å². The lowest BCUT2D eigenvalue weighted by Gasteiger charge is -2.20. The number of rotatable bonds is 5. The van der Waals surface area contributed by atoms with Gasteiger partial charge < -0.3 is 5.32 Å². The van der Waals surface area contributed by atoms with E-state index in [2.05, 4.69) is 23.3 Å². The van der Waals surface area contributed by atoms with E-state index in [9.17, 15) is 4.79 Å². The van der Waals surface area contributed by atoms with Gasteiger partial charge in [-0.15, -0.1) is 0 Å². The van der Waals surface area contributed by atoms with Gasteiger partial charge >= 0.3 is 0 Å². The molecule has 0 spiro atoms. The van der Waals surface area contributed by atoms with Crippen LogP contribution in [0.3, 0.4) is 0 Å². The van der Waals surface area contributed by atoms with Crippen molar-refractivity contribution in [3.05, 3.63) is 41.7 Å². The van der Waals surface area contributed by atoms with Crippen molar-refractivity contribution in [3.8, 4) is 0 Å². The Balaban J connectivity index is 1.76. The quantitative estimate of drug-likeness (QED) is 0.825. The van der Waals surface area contributed by atoms with E-state index in [1.807, 2.05) is 12.1 Å². The smallest absolute Gasteiger partial charge is 0.220 e. The molecule has 3 nitrogen and oxygen atoms in total. The fraction of sp³-hybridized carbons (Fsp3) is 0.500. The maximum atomic E-state index is 11.9. The van der Waals surface area contributed by atoms with Crippen molar-refractivity contribution in [2.45, 2.75) is 51.5 Å². The zero-order valence-electron chi connectivity index (χ0n) is 11.6. The van der Waals surface area contributed by atoms with E-state index < -0.39 is 0 Å². The van der Waals surface area contributed by atoms with Crippen molar-refractivity contribution in [1.82, 2.24) is 10.3 Å². The van der Waals surface area contributed by atoms with Gasteiger partial charge in [0.25, 0.3) is 0 Å². The number of amides is 1. The van der Waals surface area contributed by atoms with Crippen LogP contribution in [0.25, 0.3) is 0 Å². The van der Waals surface area contributed by atoms with Gasteiger partial charge in [-0.25, -0.2) is 0 Å². The highest BCUT2D eigenvalue weighted by molar-refractivity contribution is 5.76. The molecule has 2 rings (SSSR count). The number of nitrogens with one attached hydrogen (secondary N) is 1. The fourth-order valence-electron chi connectivity index (χ4n) is 2.47. The summed E-state index contributed by atoms with van der Waals surface area (Å²) in [6, 6.07) is 4.10. The highest BCUT2D eigenvalue weighted by Gasteiger charge is 2.13. The first-order chi connectivity index (χ1) is 9.25. The van der Waals surface area contributed by atoms with Crippen molar-refractivity contribution < 1.29 is 4.79 Å². The second-order valence-electron chi connectivity index (χ2n) is 5.17. The minimum Gasteiger partial charge on any atom is -0.350 e. The monoisotopic (exact) mass is 258 g/mol. The van der Waals surface area contributed by atoms with Crippen LogP contribution in [0.4, 0.5) is 0 Å². The minimum absolute atomic E-state index is 0.135. The molecule has 19 heavy (non-hydrogen) atoms. The lowest BCUT2D eigenvalue weighted by Crippen LogP contribution is -2.34. The van der Waals surface area contributed by atoms with Crippen LogP contribution < -0.4 is 5.32 Å². The molecule has 1 N–H and O–H groups in total. The average Bonchev–Trinajstić information content (AvgIpc) is 2.47. The van der Waals surface area contributed by atoms with E-state index in [1.165, 1.54) is 18.4 Å². The second kappa shape index (κ2) is 7.07. The Kier molecular flexibility index (Phi) is 5.13. The van der Waals surface area contributed by atoms with E-state index in [1.54, 1.807) is 12.4 Å². The predicted molar refractivity (Wildman–Crippen MR) is 76.7 cm³/mol. The molecule has 3 heteroatoms. The molecule has 0 aliphatic heterocycles. The largest absolute Gasteiger partial charge is 0.350 e. The molecule has 1 aromatic heterocycles. The van der Waals surface area contributed by atoms with Crippen molar-refractivity contribution in [2.75, 3.05) is 0 Å². The van der Waals surface area contributed by atoms with Crippen molar-refractivity contribution in [1.29, 1.82) is 0 Å². The van der Waals surface area contributed by atoms with Gasteiger partial charge in [-0.3, -0.25) is 9.78 Å². The third-order valence-corrected chi connectivity index (χ3v) is 3.65. The Labute approximate surface area is 115 Å². The first-order valence-electron chi connectivity index (χ1n) is 7.13. The van der Waals surface area contributed by atoms with Gasteiger partial charge in [0.2, 0.25) is 5.91 Å². The lowest BCUT2D eigenvalue weighted by molar-refractivity contribution is -0.121. The summed E-state index contributed by atoms with van der Waals surface area (Å²) in [6.07, 6.45) is 12.0. The van der Waals surface area contributed by atoms with E-state index in [-0.39, 0.29) is 11.9 Å². The van der Waals surface area contributed by atoms with Crippen molar-refractivity contribution in [3.63, 3.8) is 0 Å². The number of aromatic nitrogens is 1. The normalized spacial score (nSPS) is 16.6. The molecule has 1 atom stereocenters. The van der Waals surface area contributed by atoms with Crippen LogP contribution in [0.5, 0.6) is 0 Å². The molecule has 1 heterocycles. The van der Waals surface area contributed by atoms with Crippen LogP contribution in [0.2, 0.25) is 0 Å². The van der Waals surface area contributed by atoms with Gasteiger partial charge in [0, 0.05) is 24.9 Å². The van der Waals surface area contributed by atoms with E-state index in [4.69, 9.17) is 0 Å². The molecule has 0 radical (unpaired) electrons. The first kappa shape index (κ1) is 13.8. The Morgan fingerprint density at radius 1 is 1.37 bits per heavy atom. The Bertz CT molecular complexity index is 439. The molecule has 0 bridgehead atoms. The zero-order valence-corrected chi connectivity index (χ0v) is 11.6. The molecule has 0 saturated heterocycles. The highest BCUT2D eigenvalue weighted by Crippen LogP contribution is 2.20. The summed E-state index contributed by atoms with van der Waals surface area (Å²) in [4.78, 5) is 15.9. The summed E-state index contributed by atoms with van der Waals surface area (Å²) in [5, 5.41) is 3.10. The first-order valence-corrected chi connectivity index (χ1v) is 7.13. The number of hydrogen-bond donors (Lipinski definition) is 1. The molecule has 1 aromatic rings. The SMILES string of the molecule is CC(NC(=O)CCc1ccncc1)C1=CCCCC1. The fourth-order valence-corrected chi connectivity index (χ4v) is 2.47. The molecule has 0 aromatic carbocycles. The van der Waals surface area contributed by atoms with Crippen LogP contribution in [0.15, 0.2) is 36.2 Å². The number of carbonyl (C=O) groups excluding carboxylic acids is 1. The Hall–Kier alpha value is -1.64. The summed E-state index contributed by atoms with van der Waals surface area (Å²) in [5.41, 5.74) is 2.55. The summed E-state index contributed by atoms with van der Waals surface area (Å²) >= 11 is 0. The zero-order chi connectivity index (χ0) is 13.5. The van der Waals surface area contributed by atoms with Crippen LogP contribution >= 0.6 is 0 Å². The average molecular weight is 258 g/mol. The van der Waals surface area contributed by atoms with Crippen LogP contribution in [0, 0.1) is 0 Å². The topological polar surface area (TPSA) is 42.0 Å². The summed E-state index contributed by atoms with van der Waals surface area (Å²) in [5.74, 6) is 0.135. The molecule has 0 fully saturated rings. The number of carbonyl (C=O) groups is 1. The maximum absolute atomic E-state index is 11.9. The predicted octanol–water partition coefficient (Wildman–Crippen LogP) is 3.02. The molecule has 1 aliphatic carbocycles. The van der Waals surface area contributed by atoms with Gasteiger partial charge in [-0.05, 0) is 56.7 Å². The van der Waals surface area contributed by atoms with Gasteiger partial charge in [-0.1, -0.05) is 11.6 Å². The van der Waals surface area contributed by atoms with E-state index in [0.717, 1.165) is 24.8 Å². The van der Waals surface area contributed by atoms with Crippen LogP contribution in [-0.4, -0.2) is 16.9 Å². The maximum Gasteiger partial charge on any atom is 0.220 e. The highest BCUT2D eigenvalue weighted by atomic mass is 16.1. The number of aryl methyl sites for hydroxylation is 1. The standard InChI is InChI=1S/C16H22N2O/c1-13(15-5-3-2-4-6-15)18-16(19)8-7-14-9-11-17-12-10-14/h5,9-13H,2-4,6-8H2,1H3,(H,18,19). The lowest BCUT2D eigenvalue weighted by atomic mass is 9.94. The molecule has 1 unspecified atom stereocenters. The van der Waals surface area contributed by atoms with Crippen LogP contribution in [-0.2, 0) is 11.2 Å². The third kappa shape index (κ3) is 4.51. The van der Waals surface area contributed by atoms with Gasteiger partial charge in [0.05, 0.1) is 0 Å². The van der Waals surface area contributed by atoms with E-state index >= 15 is 0 Å². The summed E-state index contributed by atoms with van der Waals surface area (Å²) in [7, 11) is 0. The third-order valence-electron chi connectivity index (χ3n) is 3.65. The number of hydrogen-bond acceptors (Lipinski definition) is 2. The summed E-state index contributed by atoms with van der Waals surface area (Å²) < 4.78 is 0. The van der Waals surface area contributed by atoms with Crippen molar-refractivity contribution >= 4 is 5.91 Å². The Morgan fingerprint density at radius 2 is 2.16 bits per heavy atom. The molecule has 102 valence electrons. The molecular formula is C16H22N2O. The molecule has 1 amide bonds. The number of allylic oxidation sites excluding steroid dienone is 1.